The zero-order valence-corrected chi connectivity index (χ0v) is 8.55. The van der Waals surface area contributed by atoms with Gasteiger partial charge in [0.15, 0.2) is 0 Å². The number of hydrogen-bond acceptors (Lipinski definition) is 2. The Morgan fingerprint density at radius 3 is 2.71 bits per heavy atom. The summed E-state index contributed by atoms with van der Waals surface area (Å²) in [7, 11) is 1.75. The van der Waals surface area contributed by atoms with Gasteiger partial charge in [-0.15, -0.1) is 0 Å². The molecule has 0 aromatic heterocycles. The molecule has 74 valence electrons. The maximum Gasteiger partial charge on any atom is 0.119 e. The lowest BCUT2D eigenvalue weighted by Crippen LogP contribution is -2.26. The largest absolute Gasteiger partial charge is 0.497 e. The standard InChI is InChI=1S/C12H15NO/c1-14-11-7-9-3-2-5-13-6-4-10(8-11)12(9)13/h7-8H,2-6H2,1H3. The SMILES string of the molecule is COc1cc2c3c(c1)CCN3CCC2. The highest BCUT2D eigenvalue weighted by Gasteiger charge is 2.25. The molecule has 1 aromatic carbocycles. The van der Waals surface area contributed by atoms with Crippen molar-refractivity contribution in [2.75, 3.05) is 25.1 Å². The van der Waals surface area contributed by atoms with Crippen molar-refractivity contribution >= 4 is 5.69 Å². The molecule has 0 unspecified atom stereocenters. The Balaban J connectivity index is 2.16. The minimum absolute atomic E-state index is 1.03. The van der Waals surface area contributed by atoms with Crippen LogP contribution in [0.4, 0.5) is 5.69 Å². The van der Waals surface area contributed by atoms with Gasteiger partial charge in [0.25, 0.3) is 0 Å². The number of aryl methyl sites for hydroxylation is 1. The lowest BCUT2D eigenvalue weighted by atomic mass is 10.00. The maximum absolute atomic E-state index is 5.32. The van der Waals surface area contributed by atoms with E-state index < -0.39 is 0 Å². The minimum Gasteiger partial charge on any atom is -0.497 e. The molecule has 0 fully saturated rings. The number of benzene rings is 1. The van der Waals surface area contributed by atoms with Crippen LogP contribution in [0.3, 0.4) is 0 Å². The highest BCUT2D eigenvalue weighted by molar-refractivity contribution is 5.66. The van der Waals surface area contributed by atoms with Gasteiger partial charge in [-0.25, -0.2) is 0 Å². The van der Waals surface area contributed by atoms with Gasteiger partial charge >= 0.3 is 0 Å². The molecule has 1 aromatic rings. The van der Waals surface area contributed by atoms with E-state index in [4.69, 9.17) is 4.74 Å². The van der Waals surface area contributed by atoms with Crippen LogP contribution in [0.2, 0.25) is 0 Å². The van der Waals surface area contributed by atoms with Crippen molar-refractivity contribution < 1.29 is 4.74 Å². The van der Waals surface area contributed by atoms with Crippen molar-refractivity contribution in [3.63, 3.8) is 0 Å². The Labute approximate surface area is 84.5 Å². The number of ether oxygens (including phenoxy) is 1. The average Bonchev–Trinajstić information content (AvgIpc) is 2.64. The summed E-state index contributed by atoms with van der Waals surface area (Å²) in [5.74, 6) is 1.03. The maximum atomic E-state index is 5.32. The van der Waals surface area contributed by atoms with Crippen LogP contribution in [0.5, 0.6) is 5.75 Å². The van der Waals surface area contributed by atoms with Gasteiger partial charge in [0, 0.05) is 18.8 Å². The summed E-state index contributed by atoms with van der Waals surface area (Å²) < 4.78 is 5.32. The second-order valence-electron chi connectivity index (χ2n) is 4.13. The van der Waals surface area contributed by atoms with E-state index in [1.807, 2.05) is 0 Å². The topological polar surface area (TPSA) is 12.5 Å². The second-order valence-corrected chi connectivity index (χ2v) is 4.13. The van der Waals surface area contributed by atoms with E-state index in [2.05, 4.69) is 17.0 Å². The Morgan fingerprint density at radius 2 is 1.93 bits per heavy atom. The molecule has 2 heteroatoms. The van der Waals surface area contributed by atoms with Crippen LogP contribution in [-0.4, -0.2) is 20.2 Å². The molecule has 14 heavy (non-hydrogen) atoms. The molecule has 0 atom stereocenters. The van der Waals surface area contributed by atoms with Crippen molar-refractivity contribution in [2.24, 2.45) is 0 Å². The molecule has 0 bridgehead atoms. The minimum atomic E-state index is 1.03. The average molecular weight is 189 g/mol. The van der Waals surface area contributed by atoms with E-state index in [1.54, 1.807) is 7.11 Å². The Bertz CT molecular complexity index is 373. The van der Waals surface area contributed by atoms with Gasteiger partial charge in [-0.2, -0.15) is 0 Å². The fourth-order valence-corrected chi connectivity index (χ4v) is 2.68. The van der Waals surface area contributed by atoms with Crippen LogP contribution in [0, 0.1) is 0 Å². The molecule has 2 nitrogen and oxygen atoms in total. The fraction of sp³-hybridized carbons (Fsp3) is 0.500. The predicted molar refractivity (Wildman–Crippen MR) is 57.2 cm³/mol. The van der Waals surface area contributed by atoms with E-state index in [1.165, 1.54) is 49.2 Å². The third-order valence-corrected chi connectivity index (χ3v) is 3.32. The van der Waals surface area contributed by atoms with Crippen molar-refractivity contribution in [3.05, 3.63) is 23.3 Å². The molecule has 2 aliphatic heterocycles. The zero-order valence-electron chi connectivity index (χ0n) is 8.55. The molecule has 2 aliphatic rings. The van der Waals surface area contributed by atoms with Crippen LogP contribution < -0.4 is 9.64 Å². The molecule has 0 saturated carbocycles. The van der Waals surface area contributed by atoms with Crippen molar-refractivity contribution in [1.29, 1.82) is 0 Å². The van der Waals surface area contributed by atoms with E-state index in [9.17, 15) is 0 Å². The lowest BCUT2D eigenvalue weighted by molar-refractivity contribution is 0.414. The summed E-state index contributed by atoms with van der Waals surface area (Å²) in [5.41, 5.74) is 4.49. The number of hydrogen-bond donors (Lipinski definition) is 0. The summed E-state index contributed by atoms with van der Waals surface area (Å²) in [4.78, 5) is 2.52. The van der Waals surface area contributed by atoms with Crippen molar-refractivity contribution in [3.8, 4) is 5.75 Å². The molecule has 2 heterocycles. The quantitative estimate of drug-likeness (QED) is 0.670. The summed E-state index contributed by atoms with van der Waals surface area (Å²) in [5, 5.41) is 0. The summed E-state index contributed by atoms with van der Waals surface area (Å²) in [6.45, 7) is 2.45. The first-order valence-corrected chi connectivity index (χ1v) is 5.33. The number of anilines is 1. The van der Waals surface area contributed by atoms with Gasteiger partial charge in [-0.1, -0.05) is 0 Å². The smallest absolute Gasteiger partial charge is 0.119 e. The van der Waals surface area contributed by atoms with Gasteiger partial charge in [-0.3, -0.25) is 0 Å². The first-order chi connectivity index (χ1) is 6.88. The van der Waals surface area contributed by atoms with E-state index in [0.29, 0.717) is 0 Å². The molecule has 0 aliphatic carbocycles. The Morgan fingerprint density at radius 1 is 1.14 bits per heavy atom. The number of methoxy groups -OCH3 is 1. The summed E-state index contributed by atoms with van der Waals surface area (Å²) >= 11 is 0. The highest BCUT2D eigenvalue weighted by atomic mass is 16.5. The Hall–Kier alpha value is -1.18. The van der Waals surface area contributed by atoms with Crippen molar-refractivity contribution in [2.45, 2.75) is 19.3 Å². The number of nitrogens with zero attached hydrogens (tertiary/aromatic N) is 1. The van der Waals surface area contributed by atoms with Gasteiger partial charge < -0.3 is 9.64 Å². The molecular formula is C12H15NO. The molecular weight excluding hydrogens is 174 g/mol. The first-order valence-electron chi connectivity index (χ1n) is 5.33. The molecule has 0 radical (unpaired) electrons. The lowest BCUT2D eigenvalue weighted by Gasteiger charge is -2.27. The third-order valence-electron chi connectivity index (χ3n) is 3.32. The van der Waals surface area contributed by atoms with Crippen LogP contribution in [0.25, 0.3) is 0 Å². The normalized spacial score (nSPS) is 18.2. The first kappa shape index (κ1) is 8.16. The Kier molecular flexibility index (Phi) is 1.69. The zero-order chi connectivity index (χ0) is 9.54. The van der Waals surface area contributed by atoms with Crippen LogP contribution in [-0.2, 0) is 12.8 Å². The van der Waals surface area contributed by atoms with Crippen LogP contribution in [0.15, 0.2) is 12.1 Å². The number of rotatable bonds is 1. The van der Waals surface area contributed by atoms with Gasteiger partial charge in [0.05, 0.1) is 7.11 Å². The molecule has 0 saturated heterocycles. The third kappa shape index (κ3) is 1.03. The van der Waals surface area contributed by atoms with E-state index in [0.717, 1.165) is 5.75 Å². The van der Waals surface area contributed by atoms with Gasteiger partial charge in [-0.05, 0) is 42.5 Å². The second kappa shape index (κ2) is 2.91. The van der Waals surface area contributed by atoms with Crippen LogP contribution >= 0.6 is 0 Å². The molecule has 0 amide bonds. The summed E-state index contributed by atoms with van der Waals surface area (Å²) in [6, 6.07) is 4.40. The highest BCUT2D eigenvalue weighted by Crippen LogP contribution is 2.38. The van der Waals surface area contributed by atoms with Crippen molar-refractivity contribution in [1.82, 2.24) is 0 Å². The van der Waals surface area contributed by atoms with Crippen LogP contribution in [0.1, 0.15) is 17.5 Å². The molecule has 0 N–H and O–H groups in total. The molecule has 3 rings (SSSR count). The van der Waals surface area contributed by atoms with E-state index >= 15 is 0 Å². The monoisotopic (exact) mass is 189 g/mol. The van der Waals surface area contributed by atoms with Gasteiger partial charge in [0.1, 0.15) is 5.75 Å². The summed E-state index contributed by atoms with van der Waals surface area (Å²) in [6.07, 6.45) is 3.70. The fourth-order valence-electron chi connectivity index (χ4n) is 2.68. The van der Waals surface area contributed by atoms with E-state index in [-0.39, 0.29) is 0 Å². The molecule has 0 spiro atoms. The van der Waals surface area contributed by atoms with Gasteiger partial charge in [0.2, 0.25) is 0 Å². The predicted octanol–water partition coefficient (Wildman–Crippen LogP) is 2.00.